The van der Waals surface area contributed by atoms with Crippen LogP contribution in [0.2, 0.25) is 0 Å². The van der Waals surface area contributed by atoms with E-state index in [9.17, 15) is 9.18 Å². The first kappa shape index (κ1) is 17.1. The van der Waals surface area contributed by atoms with Gasteiger partial charge in [0.2, 0.25) is 0 Å². The minimum Gasteiger partial charge on any atom is -0.478 e. The highest BCUT2D eigenvalue weighted by atomic mass is 32.1. The third-order valence-corrected chi connectivity index (χ3v) is 5.13. The molecule has 3 aromatic carbocycles. The van der Waals surface area contributed by atoms with Gasteiger partial charge in [0, 0.05) is 16.5 Å². The molecule has 0 aliphatic heterocycles. The molecule has 4 aromatic rings. The zero-order valence-electron chi connectivity index (χ0n) is 14.1. The summed E-state index contributed by atoms with van der Waals surface area (Å²) < 4.78 is 13.6. The minimum atomic E-state index is -1.28. The van der Waals surface area contributed by atoms with Gasteiger partial charge in [-0.1, -0.05) is 60.7 Å². The second-order valence-electron chi connectivity index (χ2n) is 5.98. The molecule has 1 N–H and O–H groups in total. The molecule has 0 spiro atoms. The normalized spacial score (nSPS) is 10.7. The van der Waals surface area contributed by atoms with Gasteiger partial charge < -0.3 is 5.11 Å². The van der Waals surface area contributed by atoms with Gasteiger partial charge in [0.05, 0.1) is 11.3 Å². The van der Waals surface area contributed by atoms with Gasteiger partial charge in [-0.3, -0.25) is 0 Å². The second-order valence-corrected chi connectivity index (χ2v) is 6.84. The highest BCUT2D eigenvalue weighted by Gasteiger charge is 2.12. The smallest absolute Gasteiger partial charge is 0.338 e. The van der Waals surface area contributed by atoms with Crippen LogP contribution in [0.4, 0.5) is 4.39 Å². The van der Waals surface area contributed by atoms with Crippen LogP contribution in [0.3, 0.4) is 0 Å². The fraction of sp³-hybridized carbons (Fsp3) is 0. The summed E-state index contributed by atoms with van der Waals surface area (Å²) in [5.74, 6) is -2.01. The first-order chi connectivity index (χ1) is 13.1. The summed E-state index contributed by atoms with van der Waals surface area (Å²) in [6.45, 7) is 0. The van der Waals surface area contributed by atoms with Crippen molar-refractivity contribution in [3.63, 3.8) is 0 Å². The highest BCUT2D eigenvalue weighted by molar-refractivity contribution is 7.13. The number of carboxylic acid groups (broad SMARTS) is 1. The van der Waals surface area contributed by atoms with Gasteiger partial charge in [-0.25, -0.2) is 14.2 Å². The Bertz CT molecular complexity index is 1100. The van der Waals surface area contributed by atoms with Crippen LogP contribution in [-0.2, 0) is 0 Å². The summed E-state index contributed by atoms with van der Waals surface area (Å²) in [6, 6.07) is 21.7. The summed E-state index contributed by atoms with van der Waals surface area (Å²) in [6.07, 6.45) is 0. The average molecular weight is 375 g/mol. The molecule has 0 unspecified atom stereocenters. The number of hydrogen-bond acceptors (Lipinski definition) is 3. The molecule has 5 heteroatoms. The van der Waals surface area contributed by atoms with E-state index in [4.69, 9.17) is 10.1 Å². The number of aromatic carboxylic acids is 1. The molecular weight excluding hydrogens is 361 g/mol. The lowest BCUT2D eigenvalue weighted by molar-refractivity contribution is 0.0692. The first-order valence-electron chi connectivity index (χ1n) is 8.26. The van der Waals surface area contributed by atoms with E-state index >= 15 is 0 Å². The van der Waals surface area contributed by atoms with E-state index in [1.165, 1.54) is 12.1 Å². The highest BCUT2D eigenvalue weighted by Crippen LogP contribution is 2.30. The molecule has 4 rings (SSSR count). The number of benzene rings is 3. The van der Waals surface area contributed by atoms with E-state index in [1.807, 2.05) is 60.0 Å². The third kappa shape index (κ3) is 3.50. The van der Waals surface area contributed by atoms with Crippen molar-refractivity contribution in [3.05, 3.63) is 89.6 Å². The van der Waals surface area contributed by atoms with Gasteiger partial charge in [-0.05, 0) is 23.3 Å². The first-order valence-corrected chi connectivity index (χ1v) is 9.14. The zero-order valence-corrected chi connectivity index (χ0v) is 14.9. The monoisotopic (exact) mass is 375 g/mol. The Morgan fingerprint density at radius 3 is 2.22 bits per heavy atom. The van der Waals surface area contributed by atoms with Gasteiger partial charge in [0.15, 0.2) is 0 Å². The van der Waals surface area contributed by atoms with Gasteiger partial charge in [-0.2, -0.15) is 0 Å². The molecule has 0 saturated heterocycles. The Hall–Kier alpha value is -3.31. The van der Waals surface area contributed by atoms with Crippen molar-refractivity contribution in [1.29, 1.82) is 0 Å². The van der Waals surface area contributed by atoms with E-state index in [1.54, 1.807) is 17.4 Å². The molecule has 0 aliphatic rings. The summed E-state index contributed by atoms with van der Waals surface area (Å²) >= 11 is 1.59. The molecule has 0 saturated carbocycles. The van der Waals surface area contributed by atoms with Gasteiger partial charge in [-0.15, -0.1) is 11.3 Å². The molecule has 0 fully saturated rings. The van der Waals surface area contributed by atoms with Crippen molar-refractivity contribution in [2.24, 2.45) is 0 Å². The fourth-order valence-electron chi connectivity index (χ4n) is 2.82. The van der Waals surface area contributed by atoms with Gasteiger partial charge in [0.25, 0.3) is 0 Å². The summed E-state index contributed by atoms with van der Waals surface area (Å²) in [4.78, 5) is 15.8. The number of thiazole rings is 1. The predicted octanol–water partition coefficient (Wildman–Crippen LogP) is 5.98. The number of rotatable bonds is 4. The molecule has 0 aliphatic carbocycles. The maximum Gasteiger partial charge on any atom is 0.338 e. The standard InChI is InChI=1S/C22H14FNO2S/c23-19-11-10-17(12-18(19)22(25)26)14-6-8-15(9-7-14)20-13-27-21(24-20)16-4-2-1-3-5-16/h1-13H,(H,25,26). The third-order valence-electron chi connectivity index (χ3n) is 4.24. The maximum atomic E-state index is 13.6. The molecule has 1 aromatic heterocycles. The largest absolute Gasteiger partial charge is 0.478 e. The van der Waals surface area contributed by atoms with Crippen molar-refractivity contribution in [3.8, 4) is 33.0 Å². The van der Waals surface area contributed by atoms with Crippen molar-refractivity contribution in [2.45, 2.75) is 0 Å². The summed E-state index contributed by atoms with van der Waals surface area (Å²) in [5, 5.41) is 12.0. The quantitative estimate of drug-likeness (QED) is 0.477. The number of nitrogens with zero attached hydrogens (tertiary/aromatic N) is 1. The van der Waals surface area contributed by atoms with E-state index < -0.39 is 11.8 Å². The van der Waals surface area contributed by atoms with Crippen molar-refractivity contribution >= 4 is 17.3 Å². The number of aromatic nitrogens is 1. The molecule has 3 nitrogen and oxygen atoms in total. The SMILES string of the molecule is O=C(O)c1cc(-c2ccc(-c3csc(-c4ccccc4)n3)cc2)ccc1F. The number of hydrogen-bond donors (Lipinski definition) is 1. The van der Waals surface area contributed by atoms with Crippen LogP contribution in [0.1, 0.15) is 10.4 Å². The summed E-state index contributed by atoms with van der Waals surface area (Å²) in [7, 11) is 0. The topological polar surface area (TPSA) is 50.2 Å². The number of carboxylic acids is 1. The van der Waals surface area contributed by atoms with Crippen LogP contribution in [-0.4, -0.2) is 16.1 Å². The molecule has 0 amide bonds. The van der Waals surface area contributed by atoms with Crippen LogP contribution < -0.4 is 0 Å². The average Bonchev–Trinajstić information content (AvgIpc) is 3.19. The zero-order chi connectivity index (χ0) is 18.8. The van der Waals surface area contributed by atoms with E-state index in [-0.39, 0.29) is 5.56 Å². The lowest BCUT2D eigenvalue weighted by atomic mass is 10.0. The molecule has 0 radical (unpaired) electrons. The Labute approximate surface area is 159 Å². The molecule has 0 atom stereocenters. The van der Waals surface area contributed by atoms with Crippen LogP contribution in [0.15, 0.2) is 78.2 Å². The molecule has 1 heterocycles. The molecule has 0 bridgehead atoms. The fourth-order valence-corrected chi connectivity index (χ4v) is 3.66. The van der Waals surface area contributed by atoms with E-state index in [2.05, 4.69) is 0 Å². The Kier molecular flexibility index (Phi) is 4.52. The van der Waals surface area contributed by atoms with Crippen molar-refractivity contribution in [1.82, 2.24) is 4.98 Å². The minimum absolute atomic E-state index is 0.330. The maximum absolute atomic E-state index is 13.6. The number of halogens is 1. The van der Waals surface area contributed by atoms with Crippen molar-refractivity contribution < 1.29 is 14.3 Å². The lowest BCUT2D eigenvalue weighted by Gasteiger charge is -2.05. The molecular formula is C22H14FNO2S. The Morgan fingerprint density at radius 1 is 0.852 bits per heavy atom. The molecule has 27 heavy (non-hydrogen) atoms. The van der Waals surface area contributed by atoms with Crippen molar-refractivity contribution in [2.75, 3.05) is 0 Å². The molecule has 132 valence electrons. The van der Waals surface area contributed by atoms with Crippen LogP contribution in [0, 0.1) is 5.82 Å². The van der Waals surface area contributed by atoms with Gasteiger partial charge in [0.1, 0.15) is 10.8 Å². The number of carbonyl (C=O) groups is 1. The predicted molar refractivity (Wildman–Crippen MR) is 105 cm³/mol. The van der Waals surface area contributed by atoms with E-state index in [0.29, 0.717) is 5.56 Å². The van der Waals surface area contributed by atoms with Crippen LogP contribution in [0.25, 0.3) is 33.0 Å². The Morgan fingerprint density at radius 2 is 1.52 bits per heavy atom. The lowest BCUT2D eigenvalue weighted by Crippen LogP contribution is -2.00. The van der Waals surface area contributed by atoms with Crippen LogP contribution >= 0.6 is 11.3 Å². The van der Waals surface area contributed by atoms with Gasteiger partial charge >= 0.3 is 5.97 Å². The van der Waals surface area contributed by atoms with E-state index in [0.717, 1.165) is 27.4 Å². The van der Waals surface area contributed by atoms with Crippen LogP contribution in [0.5, 0.6) is 0 Å². The summed E-state index contributed by atoms with van der Waals surface area (Å²) in [5.41, 5.74) is 4.08. The second kappa shape index (κ2) is 7.13. The Balaban J connectivity index is 1.63.